The van der Waals surface area contributed by atoms with E-state index in [2.05, 4.69) is 35.9 Å². The predicted octanol–water partition coefficient (Wildman–Crippen LogP) is 5.65. The average molecular weight is 282 g/mol. The van der Waals surface area contributed by atoms with Gasteiger partial charge in [-0.15, -0.1) is 0 Å². The molecule has 0 spiro atoms. The molecule has 0 aliphatic carbocycles. The van der Waals surface area contributed by atoms with E-state index in [4.69, 9.17) is 5.26 Å². The zero-order valence-corrected chi connectivity index (χ0v) is 13.1. The van der Waals surface area contributed by atoms with Gasteiger partial charge in [0.1, 0.15) is 0 Å². The number of fused-ring (bicyclic) bond motifs is 1. The van der Waals surface area contributed by atoms with Crippen LogP contribution < -0.4 is 0 Å². The van der Waals surface area contributed by atoms with E-state index in [1.165, 1.54) is 56.9 Å². The number of aromatic nitrogens is 1. The van der Waals surface area contributed by atoms with Crippen LogP contribution in [0.2, 0.25) is 0 Å². The molecule has 1 aromatic carbocycles. The van der Waals surface area contributed by atoms with Crippen molar-refractivity contribution in [3.8, 4) is 6.07 Å². The Balaban J connectivity index is 1.76. The molecule has 0 aliphatic rings. The van der Waals surface area contributed by atoms with Gasteiger partial charge in [-0.1, -0.05) is 57.9 Å². The lowest BCUT2D eigenvalue weighted by atomic mass is 10.1. The summed E-state index contributed by atoms with van der Waals surface area (Å²) in [5.74, 6) is 0. The SMILES string of the molecule is CCCCCCCCCCn1ccc2c(C#N)cccc21. The molecule has 2 heteroatoms. The van der Waals surface area contributed by atoms with Crippen molar-refractivity contribution in [1.82, 2.24) is 4.57 Å². The molecule has 2 rings (SSSR count). The fraction of sp³-hybridized carbons (Fsp3) is 0.526. The van der Waals surface area contributed by atoms with Crippen molar-refractivity contribution in [1.29, 1.82) is 5.26 Å². The molecule has 1 aromatic heterocycles. The molecule has 21 heavy (non-hydrogen) atoms. The summed E-state index contributed by atoms with van der Waals surface area (Å²) in [5, 5.41) is 10.2. The molecule has 112 valence electrons. The van der Waals surface area contributed by atoms with Crippen LogP contribution in [-0.4, -0.2) is 4.57 Å². The number of aryl methyl sites for hydroxylation is 1. The first kappa shape index (κ1) is 15.6. The molecule has 0 saturated carbocycles. The predicted molar refractivity (Wildman–Crippen MR) is 89.3 cm³/mol. The van der Waals surface area contributed by atoms with Crippen LogP contribution in [0.25, 0.3) is 10.9 Å². The Bertz CT molecular complexity index is 589. The van der Waals surface area contributed by atoms with Crippen molar-refractivity contribution >= 4 is 10.9 Å². The van der Waals surface area contributed by atoms with Crippen molar-refractivity contribution in [3.63, 3.8) is 0 Å². The monoisotopic (exact) mass is 282 g/mol. The number of hydrogen-bond donors (Lipinski definition) is 0. The highest BCUT2D eigenvalue weighted by Gasteiger charge is 2.04. The molecule has 0 atom stereocenters. The van der Waals surface area contributed by atoms with E-state index in [1.807, 2.05) is 12.1 Å². The summed E-state index contributed by atoms with van der Waals surface area (Å²) >= 11 is 0. The summed E-state index contributed by atoms with van der Waals surface area (Å²) in [6.07, 6.45) is 12.9. The topological polar surface area (TPSA) is 28.7 Å². The number of unbranched alkanes of at least 4 members (excludes halogenated alkanes) is 7. The quantitative estimate of drug-likeness (QED) is 0.546. The van der Waals surface area contributed by atoms with Gasteiger partial charge in [-0.25, -0.2) is 0 Å². The van der Waals surface area contributed by atoms with Crippen LogP contribution in [0.15, 0.2) is 30.5 Å². The second-order valence-corrected chi connectivity index (χ2v) is 5.83. The van der Waals surface area contributed by atoms with Crippen molar-refractivity contribution in [2.24, 2.45) is 0 Å². The fourth-order valence-electron chi connectivity index (χ4n) is 2.93. The van der Waals surface area contributed by atoms with Crippen molar-refractivity contribution in [3.05, 3.63) is 36.0 Å². The van der Waals surface area contributed by atoms with Crippen LogP contribution in [0, 0.1) is 11.3 Å². The number of nitriles is 1. The molecule has 1 heterocycles. The zero-order valence-electron chi connectivity index (χ0n) is 13.1. The Morgan fingerprint density at radius 3 is 2.38 bits per heavy atom. The lowest BCUT2D eigenvalue weighted by molar-refractivity contribution is 0.549. The van der Waals surface area contributed by atoms with Gasteiger partial charge in [-0.05, 0) is 24.6 Å². The highest BCUT2D eigenvalue weighted by molar-refractivity contribution is 5.85. The molecular formula is C19H26N2. The summed E-state index contributed by atoms with van der Waals surface area (Å²) < 4.78 is 2.28. The van der Waals surface area contributed by atoms with Gasteiger partial charge in [0.2, 0.25) is 0 Å². The third-order valence-corrected chi connectivity index (χ3v) is 4.19. The van der Waals surface area contributed by atoms with E-state index >= 15 is 0 Å². The Labute approximate surface area is 128 Å². The van der Waals surface area contributed by atoms with Gasteiger partial charge in [0.25, 0.3) is 0 Å². The molecule has 2 aromatic rings. The lowest BCUT2D eigenvalue weighted by Crippen LogP contribution is -1.96. The molecule has 0 amide bonds. The van der Waals surface area contributed by atoms with Crippen LogP contribution in [-0.2, 0) is 6.54 Å². The smallest absolute Gasteiger partial charge is 0.0998 e. The minimum absolute atomic E-state index is 0.780. The van der Waals surface area contributed by atoms with Gasteiger partial charge < -0.3 is 4.57 Å². The number of rotatable bonds is 9. The summed E-state index contributed by atoms with van der Waals surface area (Å²) in [4.78, 5) is 0. The second kappa shape index (κ2) is 8.52. The van der Waals surface area contributed by atoms with E-state index in [9.17, 15) is 0 Å². The number of benzene rings is 1. The average Bonchev–Trinajstić information content (AvgIpc) is 2.93. The molecule has 2 nitrogen and oxygen atoms in total. The van der Waals surface area contributed by atoms with Gasteiger partial charge in [0, 0.05) is 23.6 Å². The first-order valence-corrected chi connectivity index (χ1v) is 8.34. The first-order chi connectivity index (χ1) is 10.4. The first-order valence-electron chi connectivity index (χ1n) is 8.34. The summed E-state index contributed by atoms with van der Waals surface area (Å²) in [7, 11) is 0. The van der Waals surface area contributed by atoms with Crippen LogP contribution in [0.3, 0.4) is 0 Å². The lowest BCUT2D eigenvalue weighted by Gasteiger charge is -2.06. The molecule has 0 saturated heterocycles. The molecule has 0 N–H and O–H groups in total. The highest BCUT2D eigenvalue weighted by Crippen LogP contribution is 2.20. The molecule has 0 unspecified atom stereocenters. The number of nitrogens with zero attached hydrogens (tertiary/aromatic N) is 2. The maximum atomic E-state index is 9.12. The normalized spacial score (nSPS) is 10.9. The zero-order chi connectivity index (χ0) is 14.9. The van der Waals surface area contributed by atoms with Crippen molar-refractivity contribution in [2.45, 2.75) is 64.8 Å². The Hall–Kier alpha value is -1.75. The van der Waals surface area contributed by atoms with E-state index in [0.29, 0.717) is 0 Å². The summed E-state index contributed by atoms with van der Waals surface area (Å²) in [5.41, 5.74) is 1.97. The van der Waals surface area contributed by atoms with E-state index in [0.717, 1.165) is 17.5 Å². The van der Waals surface area contributed by atoms with E-state index in [1.54, 1.807) is 0 Å². The van der Waals surface area contributed by atoms with Gasteiger partial charge in [-0.2, -0.15) is 5.26 Å². The molecule has 0 radical (unpaired) electrons. The van der Waals surface area contributed by atoms with Crippen LogP contribution in [0.5, 0.6) is 0 Å². The molecular weight excluding hydrogens is 256 g/mol. The van der Waals surface area contributed by atoms with Crippen LogP contribution in [0.1, 0.15) is 63.9 Å². The van der Waals surface area contributed by atoms with Gasteiger partial charge in [-0.3, -0.25) is 0 Å². The fourth-order valence-corrected chi connectivity index (χ4v) is 2.93. The van der Waals surface area contributed by atoms with E-state index < -0.39 is 0 Å². The minimum Gasteiger partial charge on any atom is -0.347 e. The van der Waals surface area contributed by atoms with Gasteiger partial charge in [0.05, 0.1) is 11.6 Å². The second-order valence-electron chi connectivity index (χ2n) is 5.83. The standard InChI is InChI=1S/C19H26N2/c1-2-3-4-5-6-7-8-9-14-21-15-13-18-17(16-20)11-10-12-19(18)21/h10-13,15H,2-9,14H2,1H3. The van der Waals surface area contributed by atoms with Crippen LogP contribution in [0.4, 0.5) is 0 Å². The van der Waals surface area contributed by atoms with Crippen molar-refractivity contribution in [2.75, 3.05) is 0 Å². The number of hydrogen-bond acceptors (Lipinski definition) is 1. The summed E-state index contributed by atoms with van der Waals surface area (Å²) in [6, 6.07) is 10.3. The third-order valence-electron chi connectivity index (χ3n) is 4.19. The molecule has 0 aliphatic heterocycles. The Kier molecular flexibility index (Phi) is 6.34. The summed E-state index contributed by atoms with van der Waals surface area (Å²) in [6.45, 7) is 3.33. The van der Waals surface area contributed by atoms with Gasteiger partial charge >= 0.3 is 0 Å². The molecule has 0 bridgehead atoms. The van der Waals surface area contributed by atoms with Crippen molar-refractivity contribution < 1.29 is 0 Å². The minimum atomic E-state index is 0.780. The largest absolute Gasteiger partial charge is 0.347 e. The maximum Gasteiger partial charge on any atom is 0.0998 e. The highest BCUT2D eigenvalue weighted by atomic mass is 14.9. The van der Waals surface area contributed by atoms with E-state index in [-0.39, 0.29) is 0 Å². The Morgan fingerprint density at radius 2 is 1.67 bits per heavy atom. The third kappa shape index (κ3) is 4.36. The maximum absolute atomic E-state index is 9.12. The molecule has 0 fully saturated rings. The Morgan fingerprint density at radius 1 is 0.952 bits per heavy atom. The van der Waals surface area contributed by atoms with Gasteiger partial charge in [0.15, 0.2) is 0 Å². The van der Waals surface area contributed by atoms with Crippen LogP contribution >= 0.6 is 0 Å².